The molecule has 0 aliphatic carbocycles. The standard InChI is InChI=1S/C26H35ClN4O2/c1-19(2)24-17-31(22-10-13-29(14-11-22)25-5-3-4-12-28-25)23(16-30(24)18-26(32)33)15-20-6-8-21(27)9-7-20/h3-9,12,19,22-24H,10-11,13-18H2,1-2H3,(H,32,33)/t23-,24+/m0/s1. The second-order valence-corrected chi connectivity index (χ2v) is 10.2. The van der Waals surface area contributed by atoms with Crippen molar-refractivity contribution in [2.24, 2.45) is 5.92 Å². The van der Waals surface area contributed by atoms with Gasteiger partial charge in [0.15, 0.2) is 0 Å². The van der Waals surface area contributed by atoms with Crippen LogP contribution in [0.5, 0.6) is 0 Å². The number of piperidine rings is 1. The Kier molecular flexibility index (Phi) is 7.89. The molecule has 3 heterocycles. The van der Waals surface area contributed by atoms with Crippen LogP contribution in [-0.4, -0.2) is 76.7 Å². The van der Waals surface area contributed by atoms with Crippen molar-refractivity contribution in [1.82, 2.24) is 14.8 Å². The van der Waals surface area contributed by atoms with E-state index in [1.54, 1.807) is 0 Å². The van der Waals surface area contributed by atoms with Gasteiger partial charge in [0.25, 0.3) is 0 Å². The van der Waals surface area contributed by atoms with E-state index in [9.17, 15) is 9.90 Å². The smallest absolute Gasteiger partial charge is 0.317 e. The summed E-state index contributed by atoms with van der Waals surface area (Å²) in [6, 6.07) is 15.2. The number of pyridine rings is 1. The number of aliphatic carboxylic acids is 1. The van der Waals surface area contributed by atoms with Crippen LogP contribution in [0, 0.1) is 5.92 Å². The molecule has 178 valence electrons. The molecule has 6 nitrogen and oxygen atoms in total. The fourth-order valence-electron chi connectivity index (χ4n) is 5.47. The molecule has 7 heteroatoms. The van der Waals surface area contributed by atoms with E-state index in [0.717, 1.165) is 56.3 Å². The van der Waals surface area contributed by atoms with Crippen molar-refractivity contribution < 1.29 is 9.90 Å². The van der Waals surface area contributed by atoms with Crippen molar-refractivity contribution in [2.75, 3.05) is 37.6 Å². The molecule has 2 aromatic rings. The molecule has 1 aromatic heterocycles. The lowest BCUT2D eigenvalue weighted by Crippen LogP contribution is -2.64. The molecule has 2 saturated heterocycles. The zero-order valence-electron chi connectivity index (χ0n) is 19.6. The molecule has 0 radical (unpaired) electrons. The van der Waals surface area contributed by atoms with E-state index < -0.39 is 5.97 Å². The highest BCUT2D eigenvalue weighted by Crippen LogP contribution is 2.30. The quantitative estimate of drug-likeness (QED) is 0.659. The summed E-state index contributed by atoms with van der Waals surface area (Å²) in [5.41, 5.74) is 1.25. The van der Waals surface area contributed by atoms with Gasteiger partial charge in [0.05, 0.1) is 6.54 Å². The number of rotatable bonds is 7. The summed E-state index contributed by atoms with van der Waals surface area (Å²) < 4.78 is 0. The second-order valence-electron chi connectivity index (χ2n) is 9.72. The minimum absolute atomic E-state index is 0.103. The van der Waals surface area contributed by atoms with E-state index in [2.05, 4.69) is 51.7 Å². The number of nitrogens with zero attached hydrogens (tertiary/aromatic N) is 4. The van der Waals surface area contributed by atoms with Crippen molar-refractivity contribution in [3.8, 4) is 0 Å². The largest absolute Gasteiger partial charge is 0.480 e. The second kappa shape index (κ2) is 10.9. The lowest BCUT2D eigenvalue weighted by atomic mass is 9.90. The number of carboxylic acid groups (broad SMARTS) is 1. The first kappa shape index (κ1) is 24.0. The Labute approximate surface area is 202 Å². The zero-order chi connectivity index (χ0) is 23.4. The van der Waals surface area contributed by atoms with E-state index >= 15 is 0 Å². The summed E-state index contributed by atoms with van der Waals surface area (Å²) in [4.78, 5) is 23.4. The third kappa shape index (κ3) is 6.05. The Balaban J connectivity index is 1.51. The predicted molar refractivity (Wildman–Crippen MR) is 133 cm³/mol. The Morgan fingerprint density at radius 2 is 1.85 bits per heavy atom. The van der Waals surface area contributed by atoms with Crippen LogP contribution >= 0.6 is 11.6 Å². The van der Waals surface area contributed by atoms with Crippen molar-refractivity contribution in [3.63, 3.8) is 0 Å². The van der Waals surface area contributed by atoms with Gasteiger partial charge in [-0.1, -0.05) is 43.6 Å². The molecule has 4 rings (SSSR count). The van der Waals surface area contributed by atoms with E-state index in [-0.39, 0.29) is 18.6 Å². The van der Waals surface area contributed by atoms with Crippen LogP contribution in [-0.2, 0) is 11.2 Å². The fourth-order valence-corrected chi connectivity index (χ4v) is 5.59. The maximum absolute atomic E-state index is 11.6. The van der Waals surface area contributed by atoms with Crippen LogP contribution in [0.25, 0.3) is 0 Å². The Morgan fingerprint density at radius 3 is 2.45 bits per heavy atom. The molecule has 2 fully saturated rings. The zero-order valence-corrected chi connectivity index (χ0v) is 20.4. The molecule has 0 saturated carbocycles. The molecule has 33 heavy (non-hydrogen) atoms. The molecule has 0 amide bonds. The summed E-state index contributed by atoms with van der Waals surface area (Å²) >= 11 is 6.11. The number of halogens is 1. The number of carbonyl (C=O) groups is 1. The van der Waals surface area contributed by atoms with Crippen LogP contribution < -0.4 is 4.90 Å². The normalized spacial score (nSPS) is 23.2. The first-order chi connectivity index (χ1) is 15.9. The third-order valence-electron chi connectivity index (χ3n) is 7.18. The molecule has 2 aliphatic heterocycles. The van der Waals surface area contributed by atoms with Gasteiger partial charge in [-0.25, -0.2) is 4.98 Å². The number of hydrogen-bond acceptors (Lipinski definition) is 5. The minimum atomic E-state index is -0.747. The van der Waals surface area contributed by atoms with Gasteiger partial charge in [-0.2, -0.15) is 0 Å². The first-order valence-electron chi connectivity index (χ1n) is 12.0. The summed E-state index contributed by atoms with van der Waals surface area (Å²) in [7, 11) is 0. The number of benzene rings is 1. The van der Waals surface area contributed by atoms with Crippen LogP contribution in [0.2, 0.25) is 5.02 Å². The van der Waals surface area contributed by atoms with Gasteiger partial charge >= 0.3 is 5.97 Å². The van der Waals surface area contributed by atoms with E-state index in [0.29, 0.717) is 12.0 Å². The highest BCUT2D eigenvalue weighted by Gasteiger charge is 2.39. The van der Waals surface area contributed by atoms with Crippen molar-refractivity contribution >= 4 is 23.4 Å². The molecule has 0 bridgehead atoms. The van der Waals surface area contributed by atoms with Crippen molar-refractivity contribution in [3.05, 3.63) is 59.2 Å². The average Bonchev–Trinajstić information content (AvgIpc) is 2.81. The highest BCUT2D eigenvalue weighted by molar-refractivity contribution is 6.30. The average molecular weight is 471 g/mol. The maximum atomic E-state index is 11.6. The van der Waals surface area contributed by atoms with Gasteiger partial charge in [0.1, 0.15) is 5.82 Å². The van der Waals surface area contributed by atoms with Crippen LogP contribution in [0.15, 0.2) is 48.7 Å². The topological polar surface area (TPSA) is 59.9 Å². The molecule has 0 spiro atoms. The Hall–Kier alpha value is -2.15. The molecule has 2 atom stereocenters. The first-order valence-corrected chi connectivity index (χ1v) is 12.4. The SMILES string of the molecule is CC(C)[C@H]1CN(C2CCN(c3ccccn3)CC2)[C@@H](Cc2ccc(Cl)cc2)CN1CC(=O)O. The minimum Gasteiger partial charge on any atom is -0.480 e. The van der Waals surface area contributed by atoms with Gasteiger partial charge in [0.2, 0.25) is 0 Å². The monoisotopic (exact) mass is 470 g/mol. The van der Waals surface area contributed by atoms with E-state index in [4.69, 9.17) is 11.6 Å². The van der Waals surface area contributed by atoms with Crippen molar-refractivity contribution in [2.45, 2.75) is 51.2 Å². The number of hydrogen-bond donors (Lipinski definition) is 1. The summed E-state index contributed by atoms with van der Waals surface area (Å²) in [5.74, 6) is 0.708. The third-order valence-corrected chi connectivity index (χ3v) is 7.43. The highest BCUT2D eigenvalue weighted by atomic mass is 35.5. The Morgan fingerprint density at radius 1 is 1.12 bits per heavy atom. The number of carboxylic acids is 1. The van der Waals surface area contributed by atoms with Gasteiger partial charge in [-0.15, -0.1) is 0 Å². The molecule has 1 N–H and O–H groups in total. The number of piperazine rings is 1. The lowest BCUT2D eigenvalue weighted by Gasteiger charge is -2.51. The molecule has 0 unspecified atom stereocenters. The summed E-state index contributed by atoms with van der Waals surface area (Å²) in [5, 5.41) is 10.3. The van der Waals surface area contributed by atoms with Gasteiger partial charge in [-0.05, 0) is 55.0 Å². The number of anilines is 1. The van der Waals surface area contributed by atoms with E-state index in [1.165, 1.54) is 5.56 Å². The lowest BCUT2D eigenvalue weighted by molar-refractivity contribution is -0.141. The van der Waals surface area contributed by atoms with Crippen LogP contribution in [0.3, 0.4) is 0 Å². The van der Waals surface area contributed by atoms with Gasteiger partial charge in [-0.3, -0.25) is 14.6 Å². The number of aromatic nitrogens is 1. The fraction of sp³-hybridized carbons (Fsp3) is 0.538. The molecule has 1 aromatic carbocycles. The van der Waals surface area contributed by atoms with Gasteiger partial charge < -0.3 is 10.0 Å². The molecule has 2 aliphatic rings. The van der Waals surface area contributed by atoms with Gasteiger partial charge in [0, 0.05) is 55.5 Å². The van der Waals surface area contributed by atoms with Crippen LogP contribution in [0.1, 0.15) is 32.3 Å². The maximum Gasteiger partial charge on any atom is 0.317 e. The van der Waals surface area contributed by atoms with E-state index in [1.807, 2.05) is 30.5 Å². The summed E-state index contributed by atoms with van der Waals surface area (Å²) in [6.07, 6.45) is 4.95. The predicted octanol–water partition coefficient (Wildman–Crippen LogP) is 4.04. The molecular formula is C26H35ClN4O2. The summed E-state index contributed by atoms with van der Waals surface area (Å²) in [6.45, 7) is 8.21. The van der Waals surface area contributed by atoms with Crippen LogP contribution in [0.4, 0.5) is 5.82 Å². The Bertz CT molecular complexity index is 900. The van der Waals surface area contributed by atoms with Crippen molar-refractivity contribution in [1.29, 1.82) is 0 Å². The molecular weight excluding hydrogens is 436 g/mol.